The molecule has 1 amide bonds. The number of carboxylic acids is 1. The predicted octanol–water partition coefficient (Wildman–Crippen LogP) is 3.47. The van der Waals surface area contributed by atoms with Gasteiger partial charge in [-0.1, -0.05) is 29.8 Å². The molecule has 5 rings (SSSR count). The molecule has 0 bridgehead atoms. The molecule has 1 N–H and O–H groups in total. The van der Waals surface area contributed by atoms with Crippen molar-refractivity contribution in [3.8, 4) is 10.4 Å². The highest BCUT2D eigenvalue weighted by molar-refractivity contribution is 7.89. The molecule has 1 atom stereocenters. The number of carboxylic acid groups (broad SMARTS) is 1. The van der Waals surface area contributed by atoms with E-state index >= 15 is 0 Å². The Morgan fingerprint density at radius 3 is 2.56 bits per heavy atom. The van der Waals surface area contributed by atoms with Gasteiger partial charge in [0.25, 0.3) is 0 Å². The number of hydrogen-bond acceptors (Lipinski definition) is 8. The van der Waals surface area contributed by atoms with E-state index in [1.807, 2.05) is 31.2 Å². The average Bonchev–Trinajstić information content (AvgIpc) is 3.16. The number of carbonyl (C=O) groups excluding carboxylic acids is 1. The van der Waals surface area contributed by atoms with Gasteiger partial charge in [0, 0.05) is 43.4 Å². The van der Waals surface area contributed by atoms with Crippen molar-refractivity contribution in [1.29, 1.82) is 0 Å². The molecule has 1 unspecified atom stereocenters. The fraction of sp³-hybridized carbons (Fsp3) is 0.370. The summed E-state index contributed by atoms with van der Waals surface area (Å²) < 4.78 is 33.5. The molecule has 0 aliphatic carbocycles. The lowest BCUT2D eigenvalue weighted by molar-refractivity contribution is -0.120. The van der Waals surface area contributed by atoms with Gasteiger partial charge in [-0.2, -0.15) is 4.31 Å². The van der Waals surface area contributed by atoms with Gasteiger partial charge in [-0.25, -0.2) is 18.2 Å². The molecule has 206 valence electrons. The first kappa shape index (κ1) is 27.3. The summed E-state index contributed by atoms with van der Waals surface area (Å²) >= 11 is 1.10. The molecule has 12 heteroatoms. The van der Waals surface area contributed by atoms with E-state index in [1.54, 1.807) is 19.1 Å². The van der Waals surface area contributed by atoms with Gasteiger partial charge in [0.05, 0.1) is 18.8 Å². The maximum Gasteiger partial charge on any atom is 0.348 e. The molecule has 2 saturated heterocycles. The van der Waals surface area contributed by atoms with Crippen LogP contribution in [0, 0.1) is 6.92 Å². The minimum absolute atomic E-state index is 0.00851. The Balaban J connectivity index is 1.37. The smallest absolute Gasteiger partial charge is 0.348 e. The Hall–Kier alpha value is -3.32. The van der Waals surface area contributed by atoms with Crippen LogP contribution < -0.4 is 9.80 Å². The highest BCUT2D eigenvalue weighted by Gasteiger charge is 2.39. The zero-order valence-corrected chi connectivity index (χ0v) is 23.4. The number of rotatable bonds is 6. The maximum absolute atomic E-state index is 13.4. The van der Waals surface area contributed by atoms with Gasteiger partial charge in [-0.15, -0.1) is 11.3 Å². The maximum atomic E-state index is 13.4. The third kappa shape index (κ3) is 5.55. The van der Waals surface area contributed by atoms with Gasteiger partial charge in [-0.3, -0.25) is 4.79 Å². The van der Waals surface area contributed by atoms with Crippen LogP contribution in [-0.4, -0.2) is 80.1 Å². The Bertz CT molecular complexity index is 1460. The zero-order valence-electron chi connectivity index (χ0n) is 21.7. The molecule has 3 aromatic rings. The number of aromatic nitrogens is 1. The normalized spacial score (nSPS) is 19.2. The topological polar surface area (TPSA) is 120 Å². The van der Waals surface area contributed by atoms with Gasteiger partial charge >= 0.3 is 5.97 Å². The second-order valence-corrected chi connectivity index (χ2v) is 12.7. The molecule has 2 fully saturated rings. The lowest BCUT2D eigenvalue weighted by Gasteiger charge is -2.38. The Morgan fingerprint density at radius 1 is 1.13 bits per heavy atom. The van der Waals surface area contributed by atoms with Gasteiger partial charge < -0.3 is 19.6 Å². The van der Waals surface area contributed by atoms with Crippen molar-refractivity contribution in [3.05, 3.63) is 59.1 Å². The third-order valence-corrected chi connectivity index (χ3v) is 9.85. The van der Waals surface area contributed by atoms with E-state index in [1.165, 1.54) is 17.2 Å². The first-order valence-electron chi connectivity index (χ1n) is 12.7. The number of sulfonamides is 1. The molecule has 39 heavy (non-hydrogen) atoms. The number of benzene rings is 1. The lowest BCUT2D eigenvalue weighted by atomic mass is 10.1. The monoisotopic (exact) mass is 570 g/mol. The molecule has 0 radical (unpaired) electrons. The number of amides is 1. The zero-order chi connectivity index (χ0) is 27.7. The minimum Gasteiger partial charge on any atom is -0.477 e. The molecule has 2 aliphatic heterocycles. The minimum atomic E-state index is -3.99. The molecule has 2 aromatic heterocycles. The fourth-order valence-electron chi connectivity index (χ4n) is 4.88. The van der Waals surface area contributed by atoms with E-state index in [-0.39, 0.29) is 22.0 Å². The second kappa shape index (κ2) is 11.0. The van der Waals surface area contributed by atoms with E-state index in [0.717, 1.165) is 44.6 Å². The van der Waals surface area contributed by atoms with Crippen molar-refractivity contribution >= 4 is 44.7 Å². The summed E-state index contributed by atoms with van der Waals surface area (Å²) in [6.45, 7) is 6.05. The first-order chi connectivity index (χ1) is 18.6. The summed E-state index contributed by atoms with van der Waals surface area (Å²) in [5.41, 5.74) is 2.21. The molecule has 10 nitrogen and oxygen atoms in total. The quantitative estimate of drug-likeness (QED) is 0.479. The van der Waals surface area contributed by atoms with Gasteiger partial charge in [0.1, 0.15) is 15.6 Å². The Kier molecular flexibility index (Phi) is 7.72. The van der Waals surface area contributed by atoms with Crippen molar-refractivity contribution in [2.24, 2.45) is 0 Å². The molecular formula is C27H30N4O6S2. The Morgan fingerprint density at radius 2 is 1.90 bits per heavy atom. The van der Waals surface area contributed by atoms with Crippen LogP contribution >= 0.6 is 11.3 Å². The molecule has 0 spiro atoms. The van der Waals surface area contributed by atoms with Crippen LogP contribution in [0.2, 0.25) is 0 Å². The summed E-state index contributed by atoms with van der Waals surface area (Å²) in [5, 5.41) is 9.88. The standard InChI is InChI=1S/C27H30N4O6S2/c1-18-4-6-20(7-5-18)23-14-22(26(38-23)27(33)34)31-19(2)16-30(17-25(31)32)39(35,36)21-8-9-24(28-15-21)29-10-3-12-37-13-11-29/h4-9,14-15,19H,3,10-13,16-17H2,1-2H3,(H,33,34). The lowest BCUT2D eigenvalue weighted by Crippen LogP contribution is -2.57. The fourth-order valence-corrected chi connectivity index (χ4v) is 7.29. The van der Waals surface area contributed by atoms with Gasteiger partial charge in [-0.05, 0) is 44.0 Å². The van der Waals surface area contributed by atoms with Gasteiger partial charge in [0.2, 0.25) is 15.9 Å². The van der Waals surface area contributed by atoms with Crippen molar-refractivity contribution in [1.82, 2.24) is 9.29 Å². The SMILES string of the molecule is Cc1ccc(-c2cc(N3C(=O)CN(S(=O)(=O)c4ccc(N5CCCOCC5)nc4)CC3C)c(C(=O)O)s2)cc1. The number of aryl methyl sites for hydroxylation is 1. The van der Waals surface area contributed by atoms with Crippen LogP contribution in [0.25, 0.3) is 10.4 Å². The number of ether oxygens (including phenoxy) is 1. The third-order valence-electron chi connectivity index (χ3n) is 6.90. The summed E-state index contributed by atoms with van der Waals surface area (Å²) in [5.74, 6) is -0.940. The number of hydrogen-bond donors (Lipinski definition) is 1. The Labute approximate surface area is 231 Å². The summed E-state index contributed by atoms with van der Waals surface area (Å²) in [4.78, 5) is 34.1. The molecular weight excluding hydrogens is 540 g/mol. The van der Waals surface area contributed by atoms with Crippen LogP contribution in [0.15, 0.2) is 53.6 Å². The largest absolute Gasteiger partial charge is 0.477 e. The number of nitrogens with zero attached hydrogens (tertiary/aromatic N) is 4. The number of carbonyl (C=O) groups is 2. The molecule has 2 aliphatic rings. The summed E-state index contributed by atoms with van der Waals surface area (Å²) in [6, 6.07) is 12.0. The van der Waals surface area contributed by atoms with Crippen molar-refractivity contribution in [2.45, 2.75) is 31.2 Å². The highest BCUT2D eigenvalue weighted by Crippen LogP contribution is 2.39. The van der Waals surface area contributed by atoms with Crippen LogP contribution in [-0.2, 0) is 19.6 Å². The summed E-state index contributed by atoms with van der Waals surface area (Å²) in [6.07, 6.45) is 2.19. The number of aromatic carboxylic acids is 1. The number of anilines is 2. The van der Waals surface area contributed by atoms with Crippen molar-refractivity contribution < 1.29 is 27.9 Å². The first-order valence-corrected chi connectivity index (χ1v) is 15.0. The molecule has 1 aromatic carbocycles. The van der Waals surface area contributed by atoms with Crippen LogP contribution in [0.1, 0.15) is 28.6 Å². The highest BCUT2D eigenvalue weighted by atomic mass is 32.2. The number of thiophene rings is 1. The van der Waals surface area contributed by atoms with E-state index in [4.69, 9.17) is 4.74 Å². The second-order valence-electron chi connectivity index (χ2n) is 9.71. The van der Waals surface area contributed by atoms with E-state index in [0.29, 0.717) is 25.6 Å². The van der Waals surface area contributed by atoms with Gasteiger partial charge in [0.15, 0.2) is 0 Å². The predicted molar refractivity (Wildman–Crippen MR) is 149 cm³/mol. The van der Waals surface area contributed by atoms with Crippen LogP contribution in [0.3, 0.4) is 0 Å². The average molecular weight is 571 g/mol. The number of pyridine rings is 1. The van der Waals surface area contributed by atoms with E-state index in [9.17, 15) is 23.1 Å². The molecule has 4 heterocycles. The van der Waals surface area contributed by atoms with Crippen LogP contribution in [0.5, 0.6) is 0 Å². The summed E-state index contributed by atoms with van der Waals surface area (Å²) in [7, 11) is -3.99. The molecule has 0 saturated carbocycles. The van der Waals surface area contributed by atoms with E-state index in [2.05, 4.69) is 9.88 Å². The van der Waals surface area contributed by atoms with Crippen molar-refractivity contribution in [2.75, 3.05) is 49.2 Å². The van der Waals surface area contributed by atoms with Crippen molar-refractivity contribution in [3.63, 3.8) is 0 Å². The van der Waals surface area contributed by atoms with Crippen LogP contribution in [0.4, 0.5) is 11.5 Å². The van der Waals surface area contributed by atoms with E-state index < -0.39 is 34.5 Å². The number of piperazine rings is 1.